The molecule has 3 rings (SSSR count). The fourth-order valence-corrected chi connectivity index (χ4v) is 2.67. The third kappa shape index (κ3) is 2.98. The Morgan fingerprint density at radius 3 is 2.86 bits per heavy atom. The maximum absolute atomic E-state index is 12.2. The van der Waals surface area contributed by atoms with E-state index in [0.717, 1.165) is 43.1 Å². The van der Waals surface area contributed by atoms with E-state index in [4.69, 9.17) is 0 Å². The van der Waals surface area contributed by atoms with Gasteiger partial charge in [-0.05, 0) is 26.7 Å². The number of aryl methyl sites for hydroxylation is 2. The highest BCUT2D eigenvalue weighted by Crippen LogP contribution is 2.18. The summed E-state index contributed by atoms with van der Waals surface area (Å²) in [4.78, 5) is 20.4. The zero-order valence-corrected chi connectivity index (χ0v) is 12.9. The lowest BCUT2D eigenvalue weighted by Crippen LogP contribution is -2.29. The quantitative estimate of drug-likeness (QED) is 0.930. The van der Waals surface area contributed by atoms with E-state index >= 15 is 0 Å². The van der Waals surface area contributed by atoms with Gasteiger partial charge in [0.15, 0.2) is 5.82 Å². The molecular weight excluding hydrogens is 280 g/mol. The van der Waals surface area contributed by atoms with Crippen molar-refractivity contribution >= 4 is 5.91 Å². The van der Waals surface area contributed by atoms with Crippen LogP contribution < -0.4 is 5.32 Å². The molecule has 7 nitrogen and oxygen atoms in total. The van der Waals surface area contributed by atoms with Crippen LogP contribution in [0.2, 0.25) is 0 Å². The van der Waals surface area contributed by atoms with Gasteiger partial charge in [0, 0.05) is 19.2 Å². The molecule has 1 N–H and O–H groups in total. The minimum Gasteiger partial charge on any atom is -0.341 e. The van der Waals surface area contributed by atoms with Gasteiger partial charge in [-0.3, -0.25) is 9.78 Å². The second-order valence-electron chi connectivity index (χ2n) is 5.67. The molecule has 1 atom stereocenters. The lowest BCUT2D eigenvalue weighted by molar-refractivity contribution is 0.0932. The van der Waals surface area contributed by atoms with Crippen LogP contribution in [0, 0.1) is 6.92 Å². The largest absolute Gasteiger partial charge is 0.341 e. The second kappa shape index (κ2) is 6.21. The molecule has 7 heteroatoms. The van der Waals surface area contributed by atoms with Gasteiger partial charge < -0.3 is 9.88 Å². The minimum absolute atomic E-state index is 0.213. The van der Waals surface area contributed by atoms with Crippen LogP contribution in [0.15, 0.2) is 12.4 Å². The van der Waals surface area contributed by atoms with Crippen LogP contribution in [0.1, 0.15) is 60.1 Å². The van der Waals surface area contributed by atoms with Crippen LogP contribution in [0.4, 0.5) is 0 Å². The SMILES string of the molecule is Cc1cnc(C(=O)N[C@@H](C)c2nnc3n2CCCCC3)cn1. The molecule has 0 bridgehead atoms. The summed E-state index contributed by atoms with van der Waals surface area (Å²) in [6.45, 7) is 4.67. The molecule has 0 aromatic carbocycles. The molecule has 0 unspecified atom stereocenters. The Bertz CT molecular complexity index is 663. The average molecular weight is 300 g/mol. The summed E-state index contributed by atoms with van der Waals surface area (Å²) < 4.78 is 2.14. The van der Waals surface area contributed by atoms with Crippen LogP contribution >= 0.6 is 0 Å². The second-order valence-corrected chi connectivity index (χ2v) is 5.67. The number of aromatic nitrogens is 5. The van der Waals surface area contributed by atoms with Crippen LogP contribution in [0.25, 0.3) is 0 Å². The minimum atomic E-state index is -0.244. The Hall–Kier alpha value is -2.31. The number of nitrogens with one attached hydrogen (secondary N) is 1. The number of rotatable bonds is 3. The highest BCUT2D eigenvalue weighted by Gasteiger charge is 2.21. The predicted octanol–water partition coefficient (Wildman–Crippen LogP) is 1.59. The van der Waals surface area contributed by atoms with Crippen molar-refractivity contribution in [2.24, 2.45) is 0 Å². The van der Waals surface area contributed by atoms with Gasteiger partial charge in [0.05, 0.1) is 17.9 Å². The van der Waals surface area contributed by atoms with E-state index in [1.54, 1.807) is 6.20 Å². The van der Waals surface area contributed by atoms with Crippen LogP contribution in [-0.2, 0) is 13.0 Å². The number of carbonyl (C=O) groups excluding carboxylic acids is 1. The van der Waals surface area contributed by atoms with Gasteiger partial charge in [-0.1, -0.05) is 6.42 Å². The molecule has 0 fully saturated rings. The summed E-state index contributed by atoms with van der Waals surface area (Å²) in [5, 5.41) is 11.4. The number of hydrogen-bond acceptors (Lipinski definition) is 5. The maximum Gasteiger partial charge on any atom is 0.272 e. The Morgan fingerprint density at radius 2 is 2.09 bits per heavy atom. The summed E-state index contributed by atoms with van der Waals surface area (Å²) in [6.07, 6.45) is 7.52. The molecule has 0 saturated carbocycles. The van der Waals surface area contributed by atoms with E-state index in [0.29, 0.717) is 5.69 Å². The Labute approximate surface area is 129 Å². The van der Waals surface area contributed by atoms with Gasteiger partial charge in [0.25, 0.3) is 5.91 Å². The highest BCUT2D eigenvalue weighted by molar-refractivity contribution is 5.92. The number of hydrogen-bond donors (Lipinski definition) is 1. The lowest BCUT2D eigenvalue weighted by atomic mass is 10.2. The van der Waals surface area contributed by atoms with Crippen molar-refractivity contribution in [3.63, 3.8) is 0 Å². The van der Waals surface area contributed by atoms with E-state index < -0.39 is 0 Å². The monoisotopic (exact) mass is 300 g/mol. The Morgan fingerprint density at radius 1 is 1.23 bits per heavy atom. The van der Waals surface area contributed by atoms with Gasteiger partial charge in [0.2, 0.25) is 0 Å². The Kier molecular flexibility index (Phi) is 4.13. The van der Waals surface area contributed by atoms with Gasteiger partial charge in [-0.15, -0.1) is 10.2 Å². The lowest BCUT2D eigenvalue weighted by Gasteiger charge is -2.15. The third-order valence-electron chi connectivity index (χ3n) is 3.89. The van der Waals surface area contributed by atoms with Gasteiger partial charge in [-0.25, -0.2) is 4.98 Å². The zero-order valence-electron chi connectivity index (χ0n) is 12.9. The first-order valence-corrected chi connectivity index (χ1v) is 7.66. The van der Waals surface area contributed by atoms with E-state index in [1.165, 1.54) is 12.6 Å². The number of nitrogens with zero attached hydrogens (tertiary/aromatic N) is 5. The van der Waals surface area contributed by atoms with E-state index in [1.807, 2.05) is 13.8 Å². The molecule has 3 heterocycles. The van der Waals surface area contributed by atoms with Crippen LogP contribution in [0.3, 0.4) is 0 Å². The van der Waals surface area contributed by atoms with E-state index in [2.05, 4.69) is 30.0 Å². The van der Waals surface area contributed by atoms with Gasteiger partial charge >= 0.3 is 0 Å². The summed E-state index contributed by atoms with van der Waals surface area (Å²) in [6, 6.07) is -0.213. The topological polar surface area (TPSA) is 85.6 Å². The van der Waals surface area contributed by atoms with E-state index in [-0.39, 0.29) is 11.9 Å². The van der Waals surface area contributed by atoms with Crippen molar-refractivity contribution in [2.45, 2.75) is 52.1 Å². The number of fused-ring (bicyclic) bond motifs is 1. The molecule has 22 heavy (non-hydrogen) atoms. The summed E-state index contributed by atoms with van der Waals surface area (Å²) in [7, 11) is 0. The fourth-order valence-electron chi connectivity index (χ4n) is 2.67. The van der Waals surface area contributed by atoms with Gasteiger partial charge in [-0.2, -0.15) is 0 Å². The predicted molar refractivity (Wildman–Crippen MR) is 80.2 cm³/mol. The van der Waals surface area contributed by atoms with Crippen molar-refractivity contribution in [3.8, 4) is 0 Å². The molecule has 0 radical (unpaired) electrons. The summed E-state index contributed by atoms with van der Waals surface area (Å²) >= 11 is 0. The Balaban J connectivity index is 1.74. The molecular formula is C15H20N6O. The average Bonchev–Trinajstić information content (AvgIpc) is 2.77. The summed E-state index contributed by atoms with van der Waals surface area (Å²) in [5.74, 6) is 1.58. The van der Waals surface area contributed by atoms with Crippen LogP contribution in [-0.4, -0.2) is 30.6 Å². The first-order valence-electron chi connectivity index (χ1n) is 7.66. The van der Waals surface area contributed by atoms with Crippen molar-refractivity contribution in [3.05, 3.63) is 35.4 Å². The third-order valence-corrected chi connectivity index (χ3v) is 3.89. The standard InChI is InChI=1S/C15H20N6O/c1-10-8-17-12(9-16-10)15(22)18-11(2)14-20-19-13-6-4-3-5-7-21(13)14/h8-9,11H,3-7H2,1-2H3,(H,18,22)/t11-/m0/s1. The van der Waals surface area contributed by atoms with Crippen molar-refractivity contribution in [1.29, 1.82) is 0 Å². The van der Waals surface area contributed by atoms with Crippen molar-refractivity contribution in [1.82, 2.24) is 30.0 Å². The van der Waals surface area contributed by atoms with E-state index in [9.17, 15) is 4.79 Å². The first kappa shape index (κ1) is 14.6. The molecule has 2 aromatic heterocycles. The smallest absolute Gasteiger partial charge is 0.272 e. The van der Waals surface area contributed by atoms with Crippen LogP contribution in [0.5, 0.6) is 0 Å². The van der Waals surface area contributed by atoms with Crippen molar-refractivity contribution < 1.29 is 4.79 Å². The highest BCUT2D eigenvalue weighted by atomic mass is 16.2. The van der Waals surface area contributed by atoms with Gasteiger partial charge in [0.1, 0.15) is 11.5 Å². The normalized spacial score (nSPS) is 15.7. The zero-order chi connectivity index (χ0) is 15.5. The molecule has 0 spiro atoms. The molecule has 0 saturated heterocycles. The number of amides is 1. The molecule has 0 aliphatic carbocycles. The molecule has 1 aliphatic rings. The molecule has 1 amide bonds. The molecule has 116 valence electrons. The first-order chi connectivity index (χ1) is 10.6. The maximum atomic E-state index is 12.2. The summed E-state index contributed by atoms with van der Waals surface area (Å²) in [5.41, 5.74) is 1.10. The molecule has 2 aromatic rings. The van der Waals surface area contributed by atoms with Crippen molar-refractivity contribution in [2.75, 3.05) is 0 Å². The fraction of sp³-hybridized carbons (Fsp3) is 0.533. The number of carbonyl (C=O) groups is 1. The molecule has 1 aliphatic heterocycles.